The van der Waals surface area contributed by atoms with Crippen LogP contribution in [0.2, 0.25) is 0 Å². The molecule has 0 aliphatic rings. The Bertz CT molecular complexity index is 771. The van der Waals surface area contributed by atoms with Crippen molar-refractivity contribution in [3.8, 4) is 5.95 Å². The third-order valence-corrected chi connectivity index (χ3v) is 3.75. The summed E-state index contributed by atoms with van der Waals surface area (Å²) < 4.78 is 1.81. The molecule has 0 aliphatic heterocycles. The fourth-order valence-electron chi connectivity index (χ4n) is 2.47. The largest absolute Gasteiger partial charge is 0.310 e. The summed E-state index contributed by atoms with van der Waals surface area (Å²) in [7, 11) is 0. The number of hydrogen-bond donors (Lipinski definition) is 2. The summed E-state index contributed by atoms with van der Waals surface area (Å²) in [5, 5.41) is 6.90. The predicted molar refractivity (Wildman–Crippen MR) is 96.1 cm³/mol. The van der Waals surface area contributed by atoms with E-state index in [9.17, 15) is 0 Å². The minimum atomic E-state index is 0.315. The van der Waals surface area contributed by atoms with Crippen LogP contribution in [0.4, 0.5) is 0 Å². The van der Waals surface area contributed by atoms with E-state index in [-0.39, 0.29) is 0 Å². The van der Waals surface area contributed by atoms with Gasteiger partial charge in [0.1, 0.15) is 6.33 Å². The number of pyridine rings is 1. The molecule has 0 amide bonds. The number of aryl methyl sites for hydroxylation is 1. The van der Waals surface area contributed by atoms with Gasteiger partial charge in [-0.2, -0.15) is 0 Å². The zero-order chi connectivity index (χ0) is 17.5. The molecule has 0 spiro atoms. The average molecular weight is 337 g/mol. The summed E-state index contributed by atoms with van der Waals surface area (Å²) >= 11 is 0. The highest BCUT2D eigenvalue weighted by atomic mass is 15.2. The Hall–Kier alpha value is -2.64. The highest BCUT2D eigenvalue weighted by molar-refractivity contribution is 5.19. The van der Waals surface area contributed by atoms with Gasteiger partial charge < -0.3 is 10.6 Å². The Morgan fingerprint density at radius 3 is 2.80 bits per heavy atom. The zero-order valence-corrected chi connectivity index (χ0v) is 14.6. The highest BCUT2D eigenvalue weighted by Crippen LogP contribution is 2.05. The number of hydrogen-bond acceptors (Lipinski definition) is 6. The lowest BCUT2D eigenvalue weighted by atomic mass is 10.3. The van der Waals surface area contributed by atoms with E-state index < -0.39 is 0 Å². The molecule has 0 aliphatic carbocycles. The van der Waals surface area contributed by atoms with Crippen LogP contribution in [0.1, 0.15) is 24.0 Å². The topological polar surface area (TPSA) is 80.5 Å². The first-order valence-corrected chi connectivity index (χ1v) is 8.37. The molecule has 2 N–H and O–H groups in total. The molecule has 3 rings (SSSR count). The molecule has 0 radical (unpaired) electrons. The molecule has 3 heterocycles. The molecule has 130 valence electrons. The molecule has 0 saturated carbocycles. The van der Waals surface area contributed by atoms with Crippen LogP contribution < -0.4 is 10.6 Å². The van der Waals surface area contributed by atoms with Crippen molar-refractivity contribution in [2.75, 3.05) is 6.54 Å². The van der Waals surface area contributed by atoms with E-state index in [1.807, 2.05) is 48.1 Å². The molecule has 1 atom stereocenters. The number of nitrogens with zero attached hydrogens (tertiary/aromatic N) is 5. The lowest BCUT2D eigenvalue weighted by Crippen LogP contribution is -2.36. The Balaban J connectivity index is 1.49. The van der Waals surface area contributed by atoms with Crippen molar-refractivity contribution in [1.29, 1.82) is 0 Å². The van der Waals surface area contributed by atoms with Crippen LogP contribution in [0, 0.1) is 6.92 Å². The van der Waals surface area contributed by atoms with E-state index in [1.54, 1.807) is 12.5 Å². The van der Waals surface area contributed by atoms with E-state index in [2.05, 4.69) is 37.5 Å². The molecular formula is C18H23N7. The number of rotatable bonds is 8. The third-order valence-electron chi connectivity index (χ3n) is 3.75. The monoisotopic (exact) mass is 337 g/mol. The number of nitrogens with one attached hydrogen (secondary N) is 2. The fourth-order valence-corrected chi connectivity index (χ4v) is 2.47. The van der Waals surface area contributed by atoms with Crippen LogP contribution in [0.5, 0.6) is 0 Å². The fraction of sp³-hybridized carbons (Fsp3) is 0.333. The van der Waals surface area contributed by atoms with Gasteiger partial charge in [-0.25, -0.2) is 15.0 Å². The molecule has 0 aromatic carbocycles. The molecule has 0 saturated heterocycles. The molecule has 3 aromatic heterocycles. The van der Waals surface area contributed by atoms with Gasteiger partial charge in [0, 0.05) is 50.0 Å². The van der Waals surface area contributed by atoms with Gasteiger partial charge in [0.05, 0.1) is 11.4 Å². The van der Waals surface area contributed by atoms with E-state index in [1.165, 1.54) is 0 Å². The van der Waals surface area contributed by atoms with Gasteiger partial charge >= 0.3 is 0 Å². The number of imidazole rings is 1. The lowest BCUT2D eigenvalue weighted by molar-refractivity contribution is 0.495. The smallest absolute Gasteiger partial charge is 0.235 e. The van der Waals surface area contributed by atoms with E-state index in [4.69, 9.17) is 0 Å². The number of aromatic nitrogens is 5. The zero-order valence-electron chi connectivity index (χ0n) is 14.6. The Morgan fingerprint density at radius 2 is 2.04 bits per heavy atom. The summed E-state index contributed by atoms with van der Waals surface area (Å²) in [6, 6.07) is 8.26. The average Bonchev–Trinajstić information content (AvgIpc) is 3.15. The van der Waals surface area contributed by atoms with Crippen LogP contribution in [-0.2, 0) is 13.1 Å². The van der Waals surface area contributed by atoms with E-state index >= 15 is 0 Å². The van der Waals surface area contributed by atoms with Gasteiger partial charge in [-0.15, -0.1) is 0 Å². The summed E-state index contributed by atoms with van der Waals surface area (Å²) in [5.74, 6) is 0.648. The maximum Gasteiger partial charge on any atom is 0.235 e. The van der Waals surface area contributed by atoms with Crippen molar-refractivity contribution in [2.45, 2.75) is 33.0 Å². The first-order valence-electron chi connectivity index (χ1n) is 8.37. The molecule has 7 nitrogen and oxygen atoms in total. The minimum Gasteiger partial charge on any atom is -0.310 e. The van der Waals surface area contributed by atoms with Crippen LogP contribution in [0.3, 0.4) is 0 Å². The molecule has 3 aromatic rings. The van der Waals surface area contributed by atoms with Crippen LogP contribution in [-0.4, -0.2) is 37.1 Å². The van der Waals surface area contributed by atoms with Crippen molar-refractivity contribution < 1.29 is 0 Å². The van der Waals surface area contributed by atoms with Crippen molar-refractivity contribution in [2.24, 2.45) is 0 Å². The molecule has 0 bridgehead atoms. The van der Waals surface area contributed by atoms with Gasteiger partial charge in [-0.05, 0) is 32.0 Å². The van der Waals surface area contributed by atoms with Gasteiger partial charge in [0.15, 0.2) is 0 Å². The normalized spacial score (nSPS) is 12.2. The van der Waals surface area contributed by atoms with Gasteiger partial charge in [0.25, 0.3) is 0 Å². The molecule has 1 unspecified atom stereocenters. The SMILES string of the molecule is Cc1cc(CNC(C)CNCc2ccccn2)nc(-n2ccnc2)n1. The van der Waals surface area contributed by atoms with Crippen molar-refractivity contribution in [1.82, 2.24) is 35.1 Å². The van der Waals surface area contributed by atoms with Crippen LogP contribution >= 0.6 is 0 Å². The first kappa shape index (κ1) is 17.2. The maximum absolute atomic E-state index is 4.59. The van der Waals surface area contributed by atoms with E-state index in [0.29, 0.717) is 18.5 Å². The minimum absolute atomic E-state index is 0.315. The second-order valence-corrected chi connectivity index (χ2v) is 6.00. The molecule has 0 fully saturated rings. The molecule has 25 heavy (non-hydrogen) atoms. The summed E-state index contributed by atoms with van der Waals surface area (Å²) in [5.41, 5.74) is 2.95. The first-order chi connectivity index (χ1) is 12.2. The standard InChI is InChI=1S/C18H23N7/c1-14-9-17(24-18(23-14)25-8-7-19-13-25)12-22-15(2)10-20-11-16-5-3-4-6-21-16/h3-9,13,15,20,22H,10-12H2,1-2H3. The van der Waals surface area contributed by atoms with Crippen LogP contribution in [0.15, 0.2) is 49.2 Å². The van der Waals surface area contributed by atoms with Gasteiger partial charge in [0.2, 0.25) is 5.95 Å². The second kappa shape index (κ2) is 8.46. The van der Waals surface area contributed by atoms with Crippen LogP contribution in [0.25, 0.3) is 5.95 Å². The summed E-state index contributed by atoms with van der Waals surface area (Å²) in [6.45, 7) is 6.44. The van der Waals surface area contributed by atoms with Gasteiger partial charge in [-0.1, -0.05) is 6.07 Å². The lowest BCUT2D eigenvalue weighted by Gasteiger charge is -2.15. The van der Waals surface area contributed by atoms with E-state index in [0.717, 1.165) is 30.2 Å². The molecule has 7 heteroatoms. The molecular weight excluding hydrogens is 314 g/mol. The van der Waals surface area contributed by atoms with Crippen molar-refractivity contribution in [3.63, 3.8) is 0 Å². The maximum atomic E-state index is 4.59. The van der Waals surface area contributed by atoms with Crippen molar-refractivity contribution >= 4 is 0 Å². The Labute approximate surface area is 147 Å². The summed E-state index contributed by atoms with van der Waals surface area (Å²) in [4.78, 5) is 17.4. The predicted octanol–water partition coefficient (Wildman–Crippen LogP) is 1.63. The summed E-state index contributed by atoms with van der Waals surface area (Å²) in [6.07, 6.45) is 7.08. The third kappa shape index (κ3) is 5.17. The quantitative estimate of drug-likeness (QED) is 0.650. The Kier molecular flexibility index (Phi) is 5.81. The Morgan fingerprint density at radius 1 is 1.12 bits per heavy atom. The van der Waals surface area contributed by atoms with Crippen molar-refractivity contribution in [3.05, 3.63) is 66.3 Å². The second-order valence-electron chi connectivity index (χ2n) is 6.00. The highest BCUT2D eigenvalue weighted by Gasteiger charge is 2.06. The van der Waals surface area contributed by atoms with Gasteiger partial charge in [-0.3, -0.25) is 9.55 Å².